The number of carbonyl (C=O) groups is 2. The molecule has 0 saturated carbocycles. The standard InChI is InChI=1S/C10H10ClFN2O3/c11-7-2-1-6(3-8(7)12)4-13-10(17)14-5-9(15)16/h1-3H,4-5H2,(H,15,16)(H2,13,14,17). The first-order valence-corrected chi connectivity index (χ1v) is 5.04. The highest BCUT2D eigenvalue weighted by atomic mass is 35.5. The molecule has 1 aromatic rings. The molecule has 0 fully saturated rings. The van der Waals surface area contributed by atoms with E-state index in [1.165, 1.54) is 12.1 Å². The summed E-state index contributed by atoms with van der Waals surface area (Å²) in [4.78, 5) is 21.2. The van der Waals surface area contributed by atoms with Crippen molar-refractivity contribution in [2.75, 3.05) is 6.54 Å². The summed E-state index contributed by atoms with van der Waals surface area (Å²) < 4.78 is 13.0. The highest BCUT2D eigenvalue weighted by molar-refractivity contribution is 6.30. The van der Waals surface area contributed by atoms with Gasteiger partial charge in [0.1, 0.15) is 12.4 Å². The maximum atomic E-state index is 13.0. The van der Waals surface area contributed by atoms with E-state index < -0.39 is 24.4 Å². The first-order chi connectivity index (χ1) is 7.99. The van der Waals surface area contributed by atoms with Crippen LogP contribution in [0, 0.1) is 5.82 Å². The second kappa shape index (κ2) is 6.05. The van der Waals surface area contributed by atoms with Crippen molar-refractivity contribution in [3.05, 3.63) is 34.6 Å². The molecule has 0 spiro atoms. The SMILES string of the molecule is O=C(O)CNC(=O)NCc1ccc(Cl)c(F)c1. The predicted octanol–water partition coefficient (Wildman–Crippen LogP) is 1.36. The van der Waals surface area contributed by atoms with Crippen LogP contribution in [0.3, 0.4) is 0 Å². The smallest absolute Gasteiger partial charge is 0.323 e. The van der Waals surface area contributed by atoms with E-state index in [1.54, 1.807) is 6.07 Å². The Morgan fingerprint density at radius 1 is 1.35 bits per heavy atom. The Balaban J connectivity index is 2.42. The zero-order chi connectivity index (χ0) is 12.8. The number of carboxylic acid groups (broad SMARTS) is 1. The fraction of sp³-hybridized carbons (Fsp3) is 0.200. The minimum Gasteiger partial charge on any atom is -0.480 e. The summed E-state index contributed by atoms with van der Waals surface area (Å²) in [6.45, 7) is -0.389. The second-order valence-electron chi connectivity index (χ2n) is 3.18. The van der Waals surface area contributed by atoms with Gasteiger partial charge in [-0.25, -0.2) is 9.18 Å². The summed E-state index contributed by atoms with van der Waals surface area (Å²) in [6, 6.07) is 3.49. The number of benzene rings is 1. The molecule has 0 aliphatic rings. The van der Waals surface area contributed by atoms with Gasteiger partial charge >= 0.3 is 12.0 Å². The van der Waals surface area contributed by atoms with Gasteiger partial charge in [0.25, 0.3) is 0 Å². The molecule has 0 aliphatic carbocycles. The van der Waals surface area contributed by atoms with Crippen molar-refractivity contribution in [2.24, 2.45) is 0 Å². The van der Waals surface area contributed by atoms with E-state index in [0.717, 1.165) is 0 Å². The lowest BCUT2D eigenvalue weighted by Gasteiger charge is -2.06. The normalized spacial score (nSPS) is 9.76. The van der Waals surface area contributed by atoms with Crippen LogP contribution in [0.25, 0.3) is 0 Å². The van der Waals surface area contributed by atoms with Gasteiger partial charge in [-0.2, -0.15) is 0 Å². The third-order valence-corrected chi connectivity index (χ3v) is 2.14. The zero-order valence-corrected chi connectivity index (χ0v) is 9.42. The van der Waals surface area contributed by atoms with Crippen LogP contribution in [-0.4, -0.2) is 23.7 Å². The van der Waals surface area contributed by atoms with Crippen LogP contribution in [0.5, 0.6) is 0 Å². The zero-order valence-electron chi connectivity index (χ0n) is 8.67. The van der Waals surface area contributed by atoms with Crippen molar-refractivity contribution in [2.45, 2.75) is 6.54 Å². The predicted molar refractivity (Wildman–Crippen MR) is 59.3 cm³/mol. The Hall–Kier alpha value is -1.82. The minimum absolute atomic E-state index is 0.00378. The number of hydrogen-bond acceptors (Lipinski definition) is 2. The van der Waals surface area contributed by atoms with Gasteiger partial charge in [0, 0.05) is 6.54 Å². The van der Waals surface area contributed by atoms with Crippen molar-refractivity contribution >= 4 is 23.6 Å². The molecule has 0 heterocycles. The Labute approximate surface area is 102 Å². The van der Waals surface area contributed by atoms with E-state index in [-0.39, 0.29) is 11.6 Å². The number of nitrogens with one attached hydrogen (secondary N) is 2. The third kappa shape index (κ3) is 4.69. The molecule has 0 atom stereocenters. The highest BCUT2D eigenvalue weighted by Gasteiger charge is 2.04. The van der Waals surface area contributed by atoms with E-state index in [9.17, 15) is 14.0 Å². The van der Waals surface area contributed by atoms with E-state index in [1.807, 2.05) is 0 Å². The summed E-state index contributed by atoms with van der Waals surface area (Å²) >= 11 is 5.49. The van der Waals surface area contributed by atoms with Gasteiger partial charge in [-0.3, -0.25) is 4.79 Å². The van der Waals surface area contributed by atoms with E-state index >= 15 is 0 Å². The lowest BCUT2D eigenvalue weighted by atomic mass is 10.2. The molecule has 92 valence electrons. The minimum atomic E-state index is -1.14. The molecule has 3 N–H and O–H groups in total. The Kier molecular flexibility index (Phi) is 4.71. The number of halogens is 2. The highest BCUT2D eigenvalue weighted by Crippen LogP contribution is 2.15. The molecule has 1 rings (SSSR count). The van der Waals surface area contributed by atoms with Gasteiger partial charge in [0.15, 0.2) is 0 Å². The third-order valence-electron chi connectivity index (χ3n) is 1.84. The first kappa shape index (κ1) is 13.2. The van der Waals surface area contributed by atoms with Crippen LogP contribution in [-0.2, 0) is 11.3 Å². The van der Waals surface area contributed by atoms with E-state index in [2.05, 4.69) is 10.6 Å². The summed E-state index contributed by atoms with van der Waals surface area (Å²) in [5.41, 5.74) is 0.525. The molecule has 0 aliphatic heterocycles. The number of amides is 2. The number of carboxylic acids is 1. The van der Waals surface area contributed by atoms with Crippen LogP contribution in [0.15, 0.2) is 18.2 Å². The molecule has 5 nitrogen and oxygen atoms in total. The van der Waals surface area contributed by atoms with Crippen molar-refractivity contribution in [3.8, 4) is 0 Å². The molecule has 7 heteroatoms. The van der Waals surface area contributed by atoms with Crippen LogP contribution in [0.2, 0.25) is 5.02 Å². The Bertz CT molecular complexity index is 440. The van der Waals surface area contributed by atoms with Crippen LogP contribution >= 0.6 is 11.6 Å². The van der Waals surface area contributed by atoms with Gasteiger partial charge in [-0.1, -0.05) is 17.7 Å². The van der Waals surface area contributed by atoms with Crippen LogP contribution < -0.4 is 10.6 Å². The number of hydrogen-bond donors (Lipinski definition) is 3. The van der Waals surface area contributed by atoms with Gasteiger partial charge in [0.05, 0.1) is 5.02 Å². The number of aliphatic carboxylic acids is 1. The maximum absolute atomic E-state index is 13.0. The van der Waals surface area contributed by atoms with Crippen LogP contribution in [0.1, 0.15) is 5.56 Å². The van der Waals surface area contributed by atoms with Crippen LogP contribution in [0.4, 0.5) is 9.18 Å². The molecule has 17 heavy (non-hydrogen) atoms. The van der Waals surface area contributed by atoms with E-state index in [4.69, 9.17) is 16.7 Å². The van der Waals surface area contributed by atoms with Crippen molar-refractivity contribution in [1.82, 2.24) is 10.6 Å². The molecule has 0 saturated heterocycles. The second-order valence-corrected chi connectivity index (χ2v) is 3.59. The molecule has 0 bridgehead atoms. The van der Waals surface area contributed by atoms with E-state index in [0.29, 0.717) is 5.56 Å². The maximum Gasteiger partial charge on any atom is 0.323 e. The largest absolute Gasteiger partial charge is 0.480 e. The topological polar surface area (TPSA) is 78.4 Å². The molecule has 0 unspecified atom stereocenters. The summed E-state index contributed by atoms with van der Waals surface area (Å²) in [5.74, 6) is -1.71. The fourth-order valence-electron chi connectivity index (χ4n) is 1.05. The van der Waals surface area contributed by atoms with Gasteiger partial charge in [-0.05, 0) is 17.7 Å². The Morgan fingerprint density at radius 3 is 2.65 bits per heavy atom. The summed E-state index contributed by atoms with van der Waals surface area (Å²) in [5, 5.41) is 12.8. The molecule has 1 aromatic carbocycles. The van der Waals surface area contributed by atoms with Crippen molar-refractivity contribution < 1.29 is 19.1 Å². The quantitative estimate of drug-likeness (QED) is 0.765. The molecular weight excluding hydrogens is 251 g/mol. The summed E-state index contributed by atoms with van der Waals surface area (Å²) in [7, 11) is 0. The van der Waals surface area contributed by atoms with Crippen molar-refractivity contribution in [3.63, 3.8) is 0 Å². The molecular formula is C10H10ClFN2O3. The first-order valence-electron chi connectivity index (χ1n) is 4.66. The average Bonchev–Trinajstić information content (AvgIpc) is 2.28. The number of carbonyl (C=O) groups excluding carboxylic acids is 1. The van der Waals surface area contributed by atoms with Gasteiger partial charge in [-0.15, -0.1) is 0 Å². The molecule has 0 aromatic heterocycles. The number of rotatable bonds is 4. The lowest BCUT2D eigenvalue weighted by molar-refractivity contribution is -0.135. The Morgan fingerprint density at radius 2 is 2.06 bits per heavy atom. The molecule has 0 radical (unpaired) electrons. The summed E-state index contributed by atoms with van der Waals surface area (Å²) in [6.07, 6.45) is 0. The van der Waals surface area contributed by atoms with Gasteiger partial charge in [0.2, 0.25) is 0 Å². The monoisotopic (exact) mass is 260 g/mol. The molecule has 2 amide bonds. The van der Waals surface area contributed by atoms with Gasteiger partial charge < -0.3 is 15.7 Å². The number of urea groups is 1. The average molecular weight is 261 g/mol. The lowest BCUT2D eigenvalue weighted by Crippen LogP contribution is -2.38. The van der Waals surface area contributed by atoms with Crippen molar-refractivity contribution in [1.29, 1.82) is 0 Å². The fourth-order valence-corrected chi connectivity index (χ4v) is 1.17.